The van der Waals surface area contributed by atoms with Crippen LogP contribution < -0.4 is 0 Å². The van der Waals surface area contributed by atoms with Gasteiger partial charge in [-0.3, -0.25) is 0 Å². The maximum atomic E-state index is 11.8. The summed E-state index contributed by atoms with van der Waals surface area (Å²) in [6.07, 6.45) is 7.22. The lowest BCUT2D eigenvalue weighted by molar-refractivity contribution is -0.146. The van der Waals surface area contributed by atoms with E-state index in [1.807, 2.05) is 32.9 Å². The molecule has 1 aliphatic rings. The van der Waals surface area contributed by atoms with Gasteiger partial charge in [0.25, 0.3) is 0 Å². The molecule has 2 atom stereocenters. The average molecular weight is 266 g/mol. The van der Waals surface area contributed by atoms with Crippen LogP contribution in [0.5, 0.6) is 0 Å². The molecule has 1 heterocycles. The zero-order chi connectivity index (χ0) is 14.5. The van der Waals surface area contributed by atoms with E-state index in [2.05, 4.69) is 6.92 Å². The van der Waals surface area contributed by atoms with Crippen LogP contribution in [0.4, 0.5) is 0 Å². The van der Waals surface area contributed by atoms with Gasteiger partial charge < -0.3 is 9.84 Å². The Labute approximate surface area is 116 Å². The number of rotatable bonds is 7. The zero-order valence-electron chi connectivity index (χ0n) is 12.5. The summed E-state index contributed by atoms with van der Waals surface area (Å²) < 4.78 is 5.60. The van der Waals surface area contributed by atoms with Crippen LogP contribution >= 0.6 is 0 Å². The molecular weight excluding hydrogens is 240 g/mol. The van der Waals surface area contributed by atoms with Gasteiger partial charge in [0, 0.05) is 12.0 Å². The minimum absolute atomic E-state index is 0.184. The molecule has 0 saturated carbocycles. The van der Waals surface area contributed by atoms with E-state index in [-0.39, 0.29) is 5.97 Å². The molecule has 1 N–H and O–H groups in total. The van der Waals surface area contributed by atoms with Crippen molar-refractivity contribution in [1.29, 1.82) is 0 Å². The standard InChI is InChI=1S/C16H26O3/c1-5-12(9-14(17)7-3)10-16(8-4)11-13(6-2)15(18)19-16/h9,11,14,17H,5-8,10H2,1-4H3/b12-9-/t14-,16-/m1/s1. The summed E-state index contributed by atoms with van der Waals surface area (Å²) >= 11 is 0. The molecule has 1 rings (SSSR count). The van der Waals surface area contributed by atoms with Gasteiger partial charge in [-0.2, -0.15) is 0 Å². The number of aliphatic hydroxyl groups excluding tert-OH is 1. The number of aliphatic hydroxyl groups is 1. The SMILES string of the molecule is CCC1=C[C@@](CC)(C/C(=C\[C@H](O)CC)CC)OC1=O. The van der Waals surface area contributed by atoms with Gasteiger partial charge in [0.2, 0.25) is 0 Å². The largest absolute Gasteiger partial charge is 0.451 e. The summed E-state index contributed by atoms with van der Waals surface area (Å²) in [6, 6.07) is 0. The molecule has 0 aliphatic carbocycles. The van der Waals surface area contributed by atoms with Gasteiger partial charge in [-0.15, -0.1) is 0 Å². The predicted molar refractivity (Wildman–Crippen MR) is 76.8 cm³/mol. The third kappa shape index (κ3) is 3.93. The second-order valence-corrected chi connectivity index (χ2v) is 5.16. The molecule has 0 bridgehead atoms. The summed E-state index contributed by atoms with van der Waals surface area (Å²) in [7, 11) is 0. The lowest BCUT2D eigenvalue weighted by Gasteiger charge is -2.26. The van der Waals surface area contributed by atoms with Crippen LogP contribution in [0, 0.1) is 0 Å². The van der Waals surface area contributed by atoms with E-state index < -0.39 is 11.7 Å². The smallest absolute Gasteiger partial charge is 0.334 e. The number of cyclic esters (lactones) is 1. The van der Waals surface area contributed by atoms with Gasteiger partial charge in [0.05, 0.1) is 6.10 Å². The zero-order valence-corrected chi connectivity index (χ0v) is 12.5. The highest BCUT2D eigenvalue weighted by atomic mass is 16.6. The molecule has 1 aliphatic heterocycles. The Morgan fingerprint density at radius 3 is 2.53 bits per heavy atom. The second kappa shape index (κ2) is 6.90. The van der Waals surface area contributed by atoms with E-state index in [4.69, 9.17) is 4.74 Å². The first-order valence-corrected chi connectivity index (χ1v) is 7.32. The maximum absolute atomic E-state index is 11.8. The fourth-order valence-electron chi connectivity index (χ4n) is 2.36. The molecule has 0 spiro atoms. The molecular formula is C16H26O3. The van der Waals surface area contributed by atoms with Crippen molar-refractivity contribution < 1.29 is 14.6 Å². The van der Waals surface area contributed by atoms with E-state index in [9.17, 15) is 9.90 Å². The van der Waals surface area contributed by atoms with Crippen molar-refractivity contribution in [1.82, 2.24) is 0 Å². The molecule has 0 radical (unpaired) electrons. The molecule has 0 aromatic rings. The Morgan fingerprint density at radius 2 is 2.11 bits per heavy atom. The summed E-state index contributed by atoms with van der Waals surface area (Å²) in [4.78, 5) is 11.8. The highest BCUT2D eigenvalue weighted by Crippen LogP contribution is 2.35. The molecule has 3 nitrogen and oxygen atoms in total. The van der Waals surface area contributed by atoms with Crippen LogP contribution in [-0.4, -0.2) is 22.8 Å². The van der Waals surface area contributed by atoms with Crippen LogP contribution in [0.25, 0.3) is 0 Å². The molecule has 0 aromatic heterocycles. The van der Waals surface area contributed by atoms with Crippen LogP contribution in [0.2, 0.25) is 0 Å². The number of carbonyl (C=O) groups excluding carboxylic acids is 1. The Morgan fingerprint density at radius 1 is 1.42 bits per heavy atom. The van der Waals surface area contributed by atoms with Crippen molar-refractivity contribution in [2.24, 2.45) is 0 Å². The Balaban J connectivity index is 2.90. The first kappa shape index (κ1) is 16.0. The molecule has 0 amide bonds. The molecule has 0 fully saturated rings. The van der Waals surface area contributed by atoms with E-state index in [1.54, 1.807) is 0 Å². The van der Waals surface area contributed by atoms with Gasteiger partial charge in [0.15, 0.2) is 0 Å². The van der Waals surface area contributed by atoms with Crippen molar-refractivity contribution in [3.8, 4) is 0 Å². The third-order valence-corrected chi connectivity index (χ3v) is 3.80. The number of ether oxygens (including phenoxy) is 1. The van der Waals surface area contributed by atoms with Crippen molar-refractivity contribution in [3.05, 3.63) is 23.3 Å². The minimum Gasteiger partial charge on any atom is -0.451 e. The maximum Gasteiger partial charge on any atom is 0.334 e. The number of hydrogen-bond acceptors (Lipinski definition) is 3. The molecule has 0 aromatic carbocycles. The van der Waals surface area contributed by atoms with Gasteiger partial charge in [-0.25, -0.2) is 4.79 Å². The normalized spacial score (nSPS) is 25.2. The van der Waals surface area contributed by atoms with Crippen molar-refractivity contribution in [3.63, 3.8) is 0 Å². The van der Waals surface area contributed by atoms with E-state index in [0.717, 1.165) is 24.0 Å². The lowest BCUT2D eigenvalue weighted by atomic mass is 9.89. The first-order chi connectivity index (χ1) is 9.00. The van der Waals surface area contributed by atoms with E-state index in [1.165, 1.54) is 0 Å². The fourth-order valence-corrected chi connectivity index (χ4v) is 2.36. The minimum atomic E-state index is -0.502. The topological polar surface area (TPSA) is 46.5 Å². The van der Waals surface area contributed by atoms with Gasteiger partial charge in [0.1, 0.15) is 5.60 Å². The predicted octanol–water partition coefficient (Wildman–Crippen LogP) is 3.53. The Bertz CT molecular complexity index is 381. The summed E-state index contributed by atoms with van der Waals surface area (Å²) in [5.41, 5.74) is 1.42. The van der Waals surface area contributed by atoms with Gasteiger partial charge >= 0.3 is 5.97 Å². The van der Waals surface area contributed by atoms with Gasteiger partial charge in [-0.1, -0.05) is 39.3 Å². The van der Waals surface area contributed by atoms with Gasteiger partial charge in [-0.05, 0) is 31.8 Å². The van der Waals surface area contributed by atoms with Crippen molar-refractivity contribution in [2.45, 2.75) is 71.5 Å². The molecule has 0 unspecified atom stereocenters. The quantitative estimate of drug-likeness (QED) is 0.566. The average Bonchev–Trinajstić information content (AvgIpc) is 2.74. The van der Waals surface area contributed by atoms with E-state index in [0.29, 0.717) is 19.3 Å². The second-order valence-electron chi connectivity index (χ2n) is 5.16. The lowest BCUT2D eigenvalue weighted by Crippen LogP contribution is -2.28. The van der Waals surface area contributed by atoms with Crippen LogP contribution in [0.15, 0.2) is 23.3 Å². The fraction of sp³-hybridized carbons (Fsp3) is 0.688. The molecule has 108 valence electrons. The first-order valence-electron chi connectivity index (χ1n) is 7.32. The van der Waals surface area contributed by atoms with Crippen molar-refractivity contribution >= 4 is 5.97 Å². The third-order valence-electron chi connectivity index (χ3n) is 3.80. The number of esters is 1. The number of hydrogen-bond donors (Lipinski definition) is 1. The van der Waals surface area contributed by atoms with Crippen LogP contribution in [-0.2, 0) is 9.53 Å². The monoisotopic (exact) mass is 266 g/mol. The summed E-state index contributed by atoms with van der Waals surface area (Å²) in [6.45, 7) is 8.02. The Kier molecular flexibility index (Phi) is 5.80. The molecule has 3 heteroatoms. The van der Waals surface area contributed by atoms with Crippen LogP contribution in [0.1, 0.15) is 59.8 Å². The van der Waals surface area contributed by atoms with E-state index >= 15 is 0 Å². The molecule has 19 heavy (non-hydrogen) atoms. The van der Waals surface area contributed by atoms with Crippen molar-refractivity contribution in [2.75, 3.05) is 0 Å². The van der Waals surface area contributed by atoms with Crippen LogP contribution in [0.3, 0.4) is 0 Å². The Hall–Kier alpha value is -1.09. The molecule has 0 saturated heterocycles. The highest BCUT2D eigenvalue weighted by Gasteiger charge is 2.38. The number of carbonyl (C=O) groups is 1. The summed E-state index contributed by atoms with van der Waals surface area (Å²) in [5, 5.41) is 9.74. The summed E-state index contributed by atoms with van der Waals surface area (Å²) in [5.74, 6) is -0.184. The highest BCUT2D eigenvalue weighted by molar-refractivity contribution is 5.91.